The number of carbonyl (C=O) groups is 2. The Kier molecular flexibility index (Phi) is 7.13. The lowest BCUT2D eigenvalue weighted by Gasteiger charge is -2.35. The zero-order chi connectivity index (χ0) is 27.8. The number of β-amino-alcohol motifs (C(OH)–C–C–N with tert-alkyl or cyclic N) is 1. The number of halogens is 3. The Labute approximate surface area is 223 Å². The number of alkyl halides is 3. The van der Waals surface area contributed by atoms with E-state index in [1.54, 1.807) is 0 Å². The number of amides is 2. The number of carboxylic acids is 1. The first-order chi connectivity index (χ1) is 18.5. The van der Waals surface area contributed by atoms with Crippen molar-refractivity contribution in [3.05, 3.63) is 48.0 Å². The van der Waals surface area contributed by atoms with Crippen molar-refractivity contribution in [2.75, 3.05) is 18.4 Å². The number of nitrogens with zero attached hydrogens (tertiary/aromatic N) is 1. The summed E-state index contributed by atoms with van der Waals surface area (Å²) in [6.45, 7) is 0.460. The maximum atomic E-state index is 13.6. The standard InChI is InChI=1S/C28H31F3N2O6/c29-28(30,31)19-14-20(32-25(36)33-13-12-26(37,17-33)18-4-2-1-3-5-18)16-23(15-19)38-21-6-8-22(9-7-21)39-27(10-11-27)24(34)35/h6-9,14-16,18,37H,1-5,10-13,17H2,(H,32,36)(H,34,35). The molecule has 2 aliphatic carbocycles. The maximum absolute atomic E-state index is 13.6. The van der Waals surface area contributed by atoms with Gasteiger partial charge in [0.2, 0.25) is 5.60 Å². The van der Waals surface area contributed by atoms with Crippen molar-refractivity contribution in [1.82, 2.24) is 4.90 Å². The van der Waals surface area contributed by atoms with Gasteiger partial charge in [-0.25, -0.2) is 9.59 Å². The van der Waals surface area contributed by atoms with Crippen LogP contribution >= 0.6 is 0 Å². The van der Waals surface area contributed by atoms with Crippen LogP contribution in [0.5, 0.6) is 17.2 Å². The van der Waals surface area contributed by atoms with Crippen LogP contribution in [0.4, 0.5) is 23.7 Å². The predicted molar refractivity (Wildman–Crippen MR) is 135 cm³/mol. The van der Waals surface area contributed by atoms with Crippen LogP contribution in [0.3, 0.4) is 0 Å². The summed E-state index contributed by atoms with van der Waals surface area (Å²) >= 11 is 0. The summed E-state index contributed by atoms with van der Waals surface area (Å²) in [5, 5.41) is 22.9. The highest BCUT2D eigenvalue weighted by atomic mass is 19.4. The van der Waals surface area contributed by atoms with Crippen LogP contribution in [-0.2, 0) is 11.0 Å². The first kappa shape index (κ1) is 27.1. The van der Waals surface area contributed by atoms with Crippen molar-refractivity contribution in [1.29, 1.82) is 0 Å². The topological polar surface area (TPSA) is 108 Å². The minimum Gasteiger partial charge on any atom is -0.478 e. The summed E-state index contributed by atoms with van der Waals surface area (Å²) in [7, 11) is 0. The number of benzene rings is 2. The molecule has 3 aliphatic rings. The predicted octanol–water partition coefficient (Wildman–Crippen LogP) is 6.04. The molecule has 0 aromatic heterocycles. The number of nitrogens with one attached hydrogen (secondary N) is 1. The molecule has 2 aromatic rings. The number of aliphatic hydroxyl groups is 1. The van der Waals surface area contributed by atoms with Crippen LogP contribution in [0.15, 0.2) is 42.5 Å². The van der Waals surface area contributed by atoms with E-state index in [4.69, 9.17) is 9.47 Å². The lowest BCUT2D eigenvalue weighted by atomic mass is 9.76. The summed E-state index contributed by atoms with van der Waals surface area (Å²) in [5.74, 6) is -0.560. The van der Waals surface area contributed by atoms with Crippen molar-refractivity contribution in [2.45, 2.75) is 68.7 Å². The first-order valence-electron chi connectivity index (χ1n) is 13.2. The van der Waals surface area contributed by atoms with Crippen LogP contribution in [0.25, 0.3) is 0 Å². The van der Waals surface area contributed by atoms with Gasteiger partial charge in [0.05, 0.1) is 17.7 Å². The second kappa shape index (κ2) is 10.3. The highest BCUT2D eigenvalue weighted by Crippen LogP contribution is 2.42. The molecule has 1 aliphatic heterocycles. The second-order valence-corrected chi connectivity index (χ2v) is 10.8. The molecule has 210 valence electrons. The zero-order valence-corrected chi connectivity index (χ0v) is 21.3. The second-order valence-electron chi connectivity index (χ2n) is 10.8. The number of hydrogen-bond acceptors (Lipinski definition) is 5. The van der Waals surface area contributed by atoms with Gasteiger partial charge in [-0.2, -0.15) is 13.2 Å². The van der Waals surface area contributed by atoms with Crippen LogP contribution < -0.4 is 14.8 Å². The van der Waals surface area contributed by atoms with Crippen molar-refractivity contribution in [3.63, 3.8) is 0 Å². The molecule has 2 aromatic carbocycles. The van der Waals surface area contributed by atoms with E-state index in [1.807, 2.05) is 0 Å². The number of urea groups is 1. The van der Waals surface area contributed by atoms with Gasteiger partial charge in [-0.3, -0.25) is 0 Å². The highest BCUT2D eigenvalue weighted by Gasteiger charge is 2.53. The van der Waals surface area contributed by atoms with Gasteiger partial charge in [-0.1, -0.05) is 19.3 Å². The normalized spacial score (nSPS) is 22.8. The quantitative estimate of drug-likeness (QED) is 0.389. The van der Waals surface area contributed by atoms with E-state index in [0.29, 0.717) is 31.6 Å². The largest absolute Gasteiger partial charge is 0.478 e. The van der Waals surface area contributed by atoms with Gasteiger partial charge in [-0.15, -0.1) is 0 Å². The summed E-state index contributed by atoms with van der Waals surface area (Å²) < 4.78 is 52.1. The van der Waals surface area contributed by atoms with E-state index in [2.05, 4.69) is 5.32 Å². The molecule has 0 bridgehead atoms. The minimum atomic E-state index is -4.68. The summed E-state index contributed by atoms with van der Waals surface area (Å²) in [6.07, 6.45) is 1.61. The Morgan fingerprint density at radius 3 is 2.23 bits per heavy atom. The minimum absolute atomic E-state index is 0.0879. The van der Waals surface area contributed by atoms with Crippen molar-refractivity contribution >= 4 is 17.7 Å². The third-order valence-corrected chi connectivity index (χ3v) is 7.88. The number of carbonyl (C=O) groups excluding carboxylic acids is 1. The molecule has 2 saturated carbocycles. The third kappa shape index (κ3) is 6.08. The molecule has 1 unspecified atom stereocenters. The molecular formula is C28H31F3N2O6. The van der Waals surface area contributed by atoms with E-state index >= 15 is 0 Å². The van der Waals surface area contributed by atoms with E-state index in [9.17, 15) is 33.0 Å². The van der Waals surface area contributed by atoms with Gasteiger partial charge < -0.3 is 29.9 Å². The first-order valence-corrected chi connectivity index (χ1v) is 13.2. The Morgan fingerprint density at radius 1 is 0.949 bits per heavy atom. The van der Waals surface area contributed by atoms with Crippen LogP contribution in [0.1, 0.15) is 56.9 Å². The zero-order valence-electron chi connectivity index (χ0n) is 21.3. The third-order valence-electron chi connectivity index (χ3n) is 7.88. The van der Waals surface area contributed by atoms with Gasteiger partial charge in [0, 0.05) is 31.1 Å². The van der Waals surface area contributed by atoms with Crippen LogP contribution in [0, 0.1) is 5.92 Å². The molecule has 3 N–H and O–H groups in total. The van der Waals surface area contributed by atoms with Crippen molar-refractivity contribution in [3.8, 4) is 17.2 Å². The van der Waals surface area contributed by atoms with Crippen LogP contribution in [-0.4, -0.2) is 51.4 Å². The lowest BCUT2D eigenvalue weighted by Crippen LogP contribution is -2.43. The Balaban J connectivity index is 1.27. The summed E-state index contributed by atoms with van der Waals surface area (Å²) in [6, 6.07) is 8.27. The fraction of sp³-hybridized carbons (Fsp3) is 0.500. The summed E-state index contributed by atoms with van der Waals surface area (Å²) in [5.41, 5.74) is -3.28. The lowest BCUT2D eigenvalue weighted by molar-refractivity contribution is -0.147. The molecule has 11 heteroatoms. The highest BCUT2D eigenvalue weighted by molar-refractivity contribution is 5.90. The molecule has 3 fully saturated rings. The average Bonchev–Trinajstić information content (AvgIpc) is 3.57. The average molecular weight is 549 g/mol. The van der Waals surface area contributed by atoms with Gasteiger partial charge in [-0.05, 0) is 61.6 Å². The molecule has 0 spiro atoms. The molecule has 5 rings (SSSR count). The molecule has 8 nitrogen and oxygen atoms in total. The smallest absolute Gasteiger partial charge is 0.416 e. The molecule has 0 radical (unpaired) electrons. The van der Waals surface area contributed by atoms with Gasteiger partial charge >= 0.3 is 18.2 Å². The molecular weight excluding hydrogens is 517 g/mol. The number of aliphatic carboxylic acids is 1. The van der Waals surface area contributed by atoms with Crippen LogP contribution in [0.2, 0.25) is 0 Å². The van der Waals surface area contributed by atoms with E-state index in [1.165, 1.54) is 35.2 Å². The molecule has 1 heterocycles. The van der Waals surface area contributed by atoms with Crippen molar-refractivity contribution in [2.24, 2.45) is 5.92 Å². The van der Waals surface area contributed by atoms with Gasteiger partial charge in [0.1, 0.15) is 17.2 Å². The Morgan fingerprint density at radius 2 is 1.62 bits per heavy atom. The number of likely N-dealkylation sites (tertiary alicyclic amines) is 1. The Hall–Kier alpha value is -3.47. The SMILES string of the molecule is O=C(Nc1cc(Oc2ccc(OC3(C(=O)O)CC3)cc2)cc(C(F)(F)F)c1)N1CCC(O)(C2CCCCC2)C1. The summed E-state index contributed by atoms with van der Waals surface area (Å²) in [4.78, 5) is 25.7. The number of carboxylic acid groups (broad SMARTS) is 1. The number of anilines is 1. The fourth-order valence-corrected chi connectivity index (χ4v) is 5.47. The fourth-order valence-electron chi connectivity index (χ4n) is 5.47. The monoisotopic (exact) mass is 548 g/mol. The number of rotatable bonds is 7. The molecule has 1 atom stereocenters. The van der Waals surface area contributed by atoms with Gasteiger partial charge in [0.25, 0.3) is 0 Å². The van der Waals surface area contributed by atoms with Crippen molar-refractivity contribution < 1.29 is 42.4 Å². The van der Waals surface area contributed by atoms with E-state index in [-0.39, 0.29) is 29.6 Å². The molecule has 2 amide bonds. The maximum Gasteiger partial charge on any atom is 0.416 e. The van der Waals surface area contributed by atoms with E-state index in [0.717, 1.165) is 44.2 Å². The number of ether oxygens (including phenoxy) is 2. The Bertz CT molecular complexity index is 1220. The molecule has 1 saturated heterocycles. The van der Waals surface area contributed by atoms with Gasteiger partial charge in [0.15, 0.2) is 0 Å². The van der Waals surface area contributed by atoms with E-state index < -0.39 is 34.9 Å². The molecule has 39 heavy (non-hydrogen) atoms. The number of hydrogen-bond donors (Lipinski definition) is 3.